The van der Waals surface area contributed by atoms with Crippen LogP contribution in [0.5, 0.6) is 0 Å². The summed E-state index contributed by atoms with van der Waals surface area (Å²) in [6, 6.07) is 18.7. The molecule has 0 heterocycles. The van der Waals surface area contributed by atoms with Crippen LogP contribution in [0, 0.1) is 5.82 Å². The Hall–Kier alpha value is -4.24. The maximum Gasteiger partial charge on any atom is 0.407 e. The van der Waals surface area contributed by atoms with E-state index in [0.29, 0.717) is 0 Å². The molecule has 0 aromatic heterocycles. The van der Waals surface area contributed by atoms with Gasteiger partial charge >= 0.3 is 12.1 Å². The number of carbonyl (C=O) groups excluding carboxylic acids is 2. The number of hydrogen-bond donors (Lipinski definition) is 4. The second kappa shape index (κ2) is 10.4. The lowest BCUT2D eigenvalue weighted by Crippen LogP contribution is -2.35. The average molecular weight is 478 g/mol. The molecule has 8 nitrogen and oxygen atoms in total. The molecule has 0 saturated heterocycles. The number of hydrogen-bond acceptors (Lipinski definition) is 5. The molecule has 4 rings (SSSR count). The van der Waals surface area contributed by atoms with Gasteiger partial charge in [-0.2, -0.15) is 0 Å². The van der Waals surface area contributed by atoms with E-state index < -0.39 is 36.3 Å². The van der Waals surface area contributed by atoms with E-state index in [9.17, 15) is 23.9 Å². The van der Waals surface area contributed by atoms with Gasteiger partial charge in [0.15, 0.2) is 0 Å². The van der Waals surface area contributed by atoms with Crippen molar-refractivity contribution in [1.29, 1.82) is 0 Å². The summed E-state index contributed by atoms with van der Waals surface area (Å²) < 4.78 is 18.8. The van der Waals surface area contributed by atoms with Gasteiger partial charge in [0, 0.05) is 12.5 Å². The van der Waals surface area contributed by atoms with Crippen LogP contribution in [0.2, 0.25) is 0 Å². The van der Waals surface area contributed by atoms with Gasteiger partial charge in [-0.3, -0.25) is 4.79 Å². The molecule has 9 heteroatoms. The third-order valence-electron chi connectivity index (χ3n) is 5.73. The number of carbonyl (C=O) groups is 3. The SMILES string of the molecule is O=C(CC(O)CNC(=O)OCC1c2ccccc2-c2ccccc21)Nc1cc(F)ccc1C(=O)O. The molecule has 1 aliphatic rings. The molecule has 3 aromatic rings. The van der Waals surface area contributed by atoms with E-state index in [1.807, 2.05) is 48.5 Å². The second-order valence-electron chi connectivity index (χ2n) is 8.11. The Balaban J connectivity index is 1.27. The molecule has 3 aromatic carbocycles. The third kappa shape index (κ3) is 5.47. The van der Waals surface area contributed by atoms with Crippen molar-refractivity contribution in [2.45, 2.75) is 18.4 Å². The summed E-state index contributed by atoms with van der Waals surface area (Å²) in [5.41, 5.74) is 3.82. The average Bonchev–Trinajstić information content (AvgIpc) is 3.15. The van der Waals surface area contributed by atoms with Gasteiger partial charge in [0.05, 0.1) is 23.8 Å². The number of halogens is 1. The summed E-state index contributed by atoms with van der Waals surface area (Å²) in [5, 5.41) is 23.9. The lowest BCUT2D eigenvalue weighted by Gasteiger charge is -2.16. The number of aliphatic hydroxyl groups excluding tert-OH is 1. The molecule has 35 heavy (non-hydrogen) atoms. The summed E-state index contributed by atoms with van der Waals surface area (Å²) >= 11 is 0. The van der Waals surface area contributed by atoms with Crippen LogP contribution in [0.4, 0.5) is 14.9 Å². The van der Waals surface area contributed by atoms with Gasteiger partial charge in [-0.1, -0.05) is 48.5 Å². The quantitative estimate of drug-likeness (QED) is 0.391. The molecule has 0 fully saturated rings. The van der Waals surface area contributed by atoms with Gasteiger partial charge in [-0.25, -0.2) is 14.0 Å². The predicted molar refractivity (Wildman–Crippen MR) is 126 cm³/mol. The standard InChI is InChI=1S/C26H23FN2O6/c27-15-9-10-21(25(32)33)23(11-15)29-24(31)12-16(30)13-28-26(34)35-14-22-19-7-3-1-5-17(19)18-6-2-4-8-20(18)22/h1-11,16,22,30H,12-14H2,(H,28,34)(H,29,31)(H,32,33). The number of rotatable bonds is 8. The summed E-state index contributed by atoms with van der Waals surface area (Å²) in [5.74, 6) is -2.90. The first-order valence-corrected chi connectivity index (χ1v) is 10.9. The van der Waals surface area contributed by atoms with Gasteiger partial charge in [0.2, 0.25) is 5.91 Å². The topological polar surface area (TPSA) is 125 Å². The van der Waals surface area contributed by atoms with Crippen LogP contribution < -0.4 is 10.6 Å². The van der Waals surface area contributed by atoms with Crippen LogP contribution >= 0.6 is 0 Å². The van der Waals surface area contributed by atoms with Crippen molar-refractivity contribution in [2.75, 3.05) is 18.5 Å². The van der Waals surface area contributed by atoms with Crippen LogP contribution in [0.25, 0.3) is 11.1 Å². The van der Waals surface area contributed by atoms with E-state index in [-0.39, 0.29) is 30.3 Å². The zero-order chi connectivity index (χ0) is 24.9. The molecule has 0 bridgehead atoms. The lowest BCUT2D eigenvalue weighted by molar-refractivity contribution is -0.118. The van der Waals surface area contributed by atoms with E-state index in [4.69, 9.17) is 9.84 Å². The van der Waals surface area contributed by atoms with Crippen molar-refractivity contribution in [2.24, 2.45) is 0 Å². The summed E-state index contributed by atoms with van der Waals surface area (Å²) in [4.78, 5) is 35.6. The molecule has 1 atom stereocenters. The Kier molecular flexibility index (Phi) is 7.07. The largest absolute Gasteiger partial charge is 0.478 e. The number of aromatic carboxylic acids is 1. The molecule has 0 saturated carbocycles. The van der Waals surface area contributed by atoms with Crippen LogP contribution in [0.15, 0.2) is 66.7 Å². The van der Waals surface area contributed by atoms with E-state index in [1.54, 1.807) is 0 Å². The maximum absolute atomic E-state index is 13.4. The Labute approximate surface area is 200 Å². The maximum atomic E-state index is 13.4. The number of benzene rings is 3. The van der Waals surface area contributed by atoms with E-state index >= 15 is 0 Å². The normalized spacial score (nSPS) is 12.9. The highest BCUT2D eigenvalue weighted by Gasteiger charge is 2.29. The van der Waals surface area contributed by atoms with Crippen molar-refractivity contribution >= 4 is 23.7 Å². The van der Waals surface area contributed by atoms with Crippen molar-refractivity contribution in [3.05, 3.63) is 89.2 Å². The molecule has 4 N–H and O–H groups in total. The minimum atomic E-state index is -1.34. The first kappa shape index (κ1) is 23.9. The Morgan fingerprint density at radius 1 is 0.971 bits per heavy atom. The number of anilines is 1. The highest BCUT2D eigenvalue weighted by molar-refractivity contribution is 6.00. The number of fused-ring (bicyclic) bond motifs is 3. The van der Waals surface area contributed by atoms with Gasteiger partial charge in [0.25, 0.3) is 0 Å². The van der Waals surface area contributed by atoms with Crippen LogP contribution in [-0.4, -0.2) is 47.4 Å². The molecule has 0 radical (unpaired) electrons. The smallest absolute Gasteiger partial charge is 0.407 e. The number of nitrogens with one attached hydrogen (secondary N) is 2. The van der Waals surface area contributed by atoms with Crippen LogP contribution in [0.3, 0.4) is 0 Å². The Bertz CT molecular complexity index is 1230. The highest BCUT2D eigenvalue weighted by atomic mass is 19.1. The van der Waals surface area contributed by atoms with Crippen molar-refractivity contribution in [3.8, 4) is 11.1 Å². The van der Waals surface area contributed by atoms with Gasteiger partial charge in [-0.15, -0.1) is 0 Å². The number of amides is 2. The van der Waals surface area contributed by atoms with E-state index in [0.717, 1.165) is 40.5 Å². The van der Waals surface area contributed by atoms with Crippen molar-refractivity contribution in [3.63, 3.8) is 0 Å². The van der Waals surface area contributed by atoms with Crippen LogP contribution in [0.1, 0.15) is 33.8 Å². The van der Waals surface area contributed by atoms with Gasteiger partial charge < -0.3 is 25.6 Å². The Morgan fingerprint density at radius 3 is 2.23 bits per heavy atom. The lowest BCUT2D eigenvalue weighted by atomic mass is 9.98. The van der Waals surface area contributed by atoms with Crippen LogP contribution in [-0.2, 0) is 9.53 Å². The molecule has 2 amide bonds. The first-order valence-electron chi connectivity index (χ1n) is 10.9. The van der Waals surface area contributed by atoms with Crippen molar-refractivity contribution in [1.82, 2.24) is 5.32 Å². The monoisotopic (exact) mass is 478 g/mol. The molecular weight excluding hydrogens is 455 g/mol. The van der Waals surface area contributed by atoms with Crippen molar-refractivity contribution < 1.29 is 33.7 Å². The fourth-order valence-electron chi connectivity index (χ4n) is 4.14. The molecule has 1 aliphatic carbocycles. The number of aliphatic hydroxyl groups is 1. The number of ether oxygens (including phenoxy) is 1. The number of carboxylic acids is 1. The Morgan fingerprint density at radius 2 is 1.60 bits per heavy atom. The van der Waals surface area contributed by atoms with Gasteiger partial charge in [0.1, 0.15) is 12.4 Å². The second-order valence-corrected chi connectivity index (χ2v) is 8.11. The minimum absolute atomic E-state index is 0.105. The molecule has 1 unspecified atom stereocenters. The third-order valence-corrected chi connectivity index (χ3v) is 5.73. The zero-order valence-electron chi connectivity index (χ0n) is 18.5. The molecule has 0 spiro atoms. The van der Waals surface area contributed by atoms with Gasteiger partial charge in [-0.05, 0) is 40.5 Å². The minimum Gasteiger partial charge on any atom is -0.478 e. The zero-order valence-corrected chi connectivity index (χ0v) is 18.5. The molecule has 180 valence electrons. The molecular formula is C26H23FN2O6. The fourth-order valence-corrected chi connectivity index (χ4v) is 4.14. The summed E-state index contributed by atoms with van der Waals surface area (Å²) in [6.45, 7) is -0.160. The first-order chi connectivity index (χ1) is 16.8. The summed E-state index contributed by atoms with van der Waals surface area (Å²) in [7, 11) is 0. The summed E-state index contributed by atoms with van der Waals surface area (Å²) in [6.07, 6.45) is -2.46. The molecule has 0 aliphatic heterocycles. The highest BCUT2D eigenvalue weighted by Crippen LogP contribution is 2.44. The fraction of sp³-hybridized carbons (Fsp3) is 0.192. The van der Waals surface area contributed by atoms with E-state index in [1.165, 1.54) is 0 Å². The predicted octanol–water partition coefficient (Wildman–Crippen LogP) is 3.75. The number of carboxylic acid groups (broad SMARTS) is 1. The van der Waals surface area contributed by atoms with E-state index in [2.05, 4.69) is 10.6 Å². The number of alkyl carbamates (subject to hydrolysis) is 1.